The SMILES string of the molecule is CCCCC/C=C\C/C=C\CCCCCCCC(=O)OCCCCCCCCCCCCCCCCCCCCCCCCCCC(=O)NC(CO)C(O)CCCCCCCCCCCCC. The highest BCUT2D eigenvalue weighted by molar-refractivity contribution is 5.76. The Morgan fingerprint density at radius 2 is 0.746 bits per heavy atom. The van der Waals surface area contributed by atoms with E-state index in [0.29, 0.717) is 25.9 Å². The van der Waals surface area contributed by atoms with Crippen LogP contribution < -0.4 is 5.32 Å². The van der Waals surface area contributed by atoms with E-state index in [1.807, 2.05) is 0 Å². The smallest absolute Gasteiger partial charge is 0.305 e. The first-order valence-corrected chi connectivity index (χ1v) is 30.1. The van der Waals surface area contributed by atoms with Gasteiger partial charge < -0.3 is 20.3 Å². The molecule has 6 nitrogen and oxygen atoms in total. The summed E-state index contributed by atoms with van der Waals surface area (Å²) >= 11 is 0. The number of nitrogens with one attached hydrogen (secondary N) is 1. The van der Waals surface area contributed by atoms with E-state index >= 15 is 0 Å². The molecule has 0 spiro atoms. The fourth-order valence-corrected chi connectivity index (χ4v) is 9.38. The molecule has 0 aliphatic heterocycles. The van der Waals surface area contributed by atoms with Crippen LogP contribution in [0.5, 0.6) is 0 Å². The summed E-state index contributed by atoms with van der Waals surface area (Å²) in [7, 11) is 0. The molecule has 0 saturated carbocycles. The topological polar surface area (TPSA) is 95.9 Å². The molecule has 0 aromatic rings. The van der Waals surface area contributed by atoms with Gasteiger partial charge in [0.05, 0.1) is 25.4 Å². The first-order chi connectivity index (χ1) is 33.0. The van der Waals surface area contributed by atoms with Crippen LogP contribution >= 0.6 is 0 Å². The van der Waals surface area contributed by atoms with Crippen LogP contribution in [0.2, 0.25) is 0 Å². The van der Waals surface area contributed by atoms with Crippen molar-refractivity contribution in [2.24, 2.45) is 0 Å². The molecule has 0 bridgehead atoms. The molecular formula is C61H117NO5. The maximum atomic E-state index is 12.4. The number of allylic oxidation sites excluding steroid dienone is 4. The molecule has 0 heterocycles. The molecule has 6 heteroatoms. The Labute approximate surface area is 418 Å². The van der Waals surface area contributed by atoms with E-state index in [9.17, 15) is 19.8 Å². The molecule has 0 fully saturated rings. The van der Waals surface area contributed by atoms with E-state index in [1.165, 1.54) is 244 Å². The quantitative estimate of drug-likeness (QED) is 0.0321. The number of carbonyl (C=O) groups is 2. The average molecular weight is 945 g/mol. The van der Waals surface area contributed by atoms with Crippen molar-refractivity contribution in [1.82, 2.24) is 5.32 Å². The van der Waals surface area contributed by atoms with Crippen LogP contribution in [0.15, 0.2) is 24.3 Å². The number of carbonyl (C=O) groups excluding carboxylic acids is 2. The van der Waals surface area contributed by atoms with Gasteiger partial charge in [-0.3, -0.25) is 9.59 Å². The van der Waals surface area contributed by atoms with Gasteiger partial charge in [-0.05, 0) is 57.8 Å². The molecule has 0 radical (unpaired) electrons. The van der Waals surface area contributed by atoms with Crippen molar-refractivity contribution in [3.8, 4) is 0 Å². The highest BCUT2D eigenvalue weighted by Crippen LogP contribution is 2.18. The third kappa shape index (κ3) is 53.5. The highest BCUT2D eigenvalue weighted by Gasteiger charge is 2.20. The predicted octanol–water partition coefficient (Wildman–Crippen LogP) is 18.6. The van der Waals surface area contributed by atoms with E-state index < -0.39 is 12.1 Å². The molecule has 2 atom stereocenters. The Kier molecular flexibility index (Phi) is 55.5. The summed E-state index contributed by atoms with van der Waals surface area (Å²) in [5.41, 5.74) is 0. The van der Waals surface area contributed by atoms with Gasteiger partial charge in [0.25, 0.3) is 0 Å². The van der Waals surface area contributed by atoms with Crippen LogP contribution in [-0.4, -0.2) is 47.4 Å². The van der Waals surface area contributed by atoms with Gasteiger partial charge in [-0.2, -0.15) is 0 Å². The lowest BCUT2D eigenvalue weighted by molar-refractivity contribution is -0.143. The molecule has 0 rings (SSSR count). The second-order valence-electron chi connectivity index (χ2n) is 20.7. The number of aliphatic hydroxyl groups is 2. The number of rotatable bonds is 56. The normalized spacial score (nSPS) is 12.7. The minimum absolute atomic E-state index is 0.00155. The molecule has 0 aromatic heterocycles. The van der Waals surface area contributed by atoms with Crippen LogP contribution in [0.3, 0.4) is 0 Å². The average Bonchev–Trinajstić information content (AvgIpc) is 3.33. The van der Waals surface area contributed by atoms with Crippen LogP contribution in [0, 0.1) is 0 Å². The van der Waals surface area contributed by atoms with Gasteiger partial charge >= 0.3 is 5.97 Å². The van der Waals surface area contributed by atoms with Gasteiger partial charge in [-0.1, -0.05) is 282 Å². The lowest BCUT2D eigenvalue weighted by atomic mass is 10.0. The zero-order valence-electron chi connectivity index (χ0n) is 45.1. The lowest BCUT2D eigenvalue weighted by Gasteiger charge is -2.22. The van der Waals surface area contributed by atoms with Crippen LogP contribution in [0.4, 0.5) is 0 Å². The number of unbranched alkanes of at least 4 members (excludes halogenated alkanes) is 41. The fourth-order valence-electron chi connectivity index (χ4n) is 9.38. The monoisotopic (exact) mass is 944 g/mol. The van der Waals surface area contributed by atoms with E-state index in [0.717, 1.165) is 51.4 Å². The van der Waals surface area contributed by atoms with Crippen molar-refractivity contribution in [2.75, 3.05) is 13.2 Å². The van der Waals surface area contributed by atoms with Crippen LogP contribution in [-0.2, 0) is 14.3 Å². The molecule has 0 saturated heterocycles. The highest BCUT2D eigenvalue weighted by atomic mass is 16.5. The van der Waals surface area contributed by atoms with E-state index in [2.05, 4.69) is 43.5 Å². The summed E-state index contributed by atoms with van der Waals surface area (Å²) in [4.78, 5) is 24.5. The van der Waals surface area contributed by atoms with Gasteiger partial charge in [0.15, 0.2) is 0 Å². The maximum absolute atomic E-state index is 12.4. The molecule has 2 unspecified atom stereocenters. The summed E-state index contributed by atoms with van der Waals surface area (Å²) in [5.74, 6) is -0.0325. The molecule has 396 valence electrons. The third-order valence-electron chi connectivity index (χ3n) is 14.0. The fraction of sp³-hybridized carbons (Fsp3) is 0.902. The van der Waals surface area contributed by atoms with E-state index in [-0.39, 0.29) is 18.5 Å². The number of aliphatic hydroxyl groups excluding tert-OH is 2. The minimum atomic E-state index is -0.662. The number of hydrogen-bond acceptors (Lipinski definition) is 5. The van der Waals surface area contributed by atoms with Gasteiger partial charge in [0.1, 0.15) is 0 Å². The van der Waals surface area contributed by atoms with Crippen molar-refractivity contribution >= 4 is 11.9 Å². The van der Waals surface area contributed by atoms with Gasteiger partial charge in [-0.25, -0.2) is 0 Å². The molecule has 1 amide bonds. The Morgan fingerprint density at radius 1 is 0.418 bits per heavy atom. The molecule has 0 aliphatic rings. The Hall–Kier alpha value is -1.66. The zero-order chi connectivity index (χ0) is 48.6. The summed E-state index contributed by atoms with van der Waals surface area (Å²) < 4.78 is 5.48. The largest absolute Gasteiger partial charge is 0.466 e. The lowest BCUT2D eigenvalue weighted by Crippen LogP contribution is -2.45. The van der Waals surface area contributed by atoms with Gasteiger partial charge in [0.2, 0.25) is 5.91 Å². The number of ether oxygens (including phenoxy) is 1. The van der Waals surface area contributed by atoms with Gasteiger partial charge in [0, 0.05) is 12.8 Å². The summed E-state index contributed by atoms with van der Waals surface area (Å²) in [6.07, 6.45) is 69.0. The molecule has 67 heavy (non-hydrogen) atoms. The van der Waals surface area contributed by atoms with Gasteiger partial charge in [-0.15, -0.1) is 0 Å². The Balaban J connectivity index is 3.35. The summed E-state index contributed by atoms with van der Waals surface area (Å²) in [6.45, 7) is 4.92. The van der Waals surface area contributed by atoms with Crippen molar-refractivity contribution in [1.29, 1.82) is 0 Å². The molecule has 0 aromatic carbocycles. The van der Waals surface area contributed by atoms with Crippen molar-refractivity contribution in [2.45, 2.75) is 341 Å². The Morgan fingerprint density at radius 3 is 1.16 bits per heavy atom. The second kappa shape index (κ2) is 56.9. The van der Waals surface area contributed by atoms with E-state index in [1.54, 1.807) is 0 Å². The summed E-state index contributed by atoms with van der Waals surface area (Å²) in [5, 5.41) is 23.2. The standard InChI is InChI=1S/C61H117NO5/c1-3-5-7-9-11-13-15-16-27-31-35-39-43-47-51-55-61(66)67-56-52-48-44-40-36-32-29-26-24-22-20-18-17-19-21-23-25-28-30-34-38-42-46-50-54-60(65)62-58(57-63)59(64)53-49-45-41-37-33-14-12-10-8-6-4-2/h11,13,16,27,58-59,63-64H,3-10,12,14-15,17-26,28-57H2,1-2H3,(H,62,65)/b13-11-,27-16-. The summed E-state index contributed by atoms with van der Waals surface area (Å²) in [6, 6.07) is -0.539. The maximum Gasteiger partial charge on any atom is 0.305 e. The van der Waals surface area contributed by atoms with Crippen LogP contribution in [0.25, 0.3) is 0 Å². The molecule has 3 N–H and O–H groups in total. The molecular weight excluding hydrogens is 827 g/mol. The minimum Gasteiger partial charge on any atom is -0.466 e. The first kappa shape index (κ1) is 65.3. The predicted molar refractivity (Wildman–Crippen MR) is 292 cm³/mol. The van der Waals surface area contributed by atoms with Crippen molar-refractivity contribution < 1.29 is 24.5 Å². The van der Waals surface area contributed by atoms with Crippen LogP contribution in [0.1, 0.15) is 328 Å². The van der Waals surface area contributed by atoms with Crippen molar-refractivity contribution in [3.05, 3.63) is 24.3 Å². The second-order valence-corrected chi connectivity index (χ2v) is 20.7. The van der Waals surface area contributed by atoms with E-state index in [4.69, 9.17) is 4.74 Å². The number of hydrogen-bond donors (Lipinski definition) is 3. The van der Waals surface area contributed by atoms with Crippen molar-refractivity contribution in [3.63, 3.8) is 0 Å². The number of esters is 1. The third-order valence-corrected chi connectivity index (χ3v) is 14.0. The number of amides is 1. The first-order valence-electron chi connectivity index (χ1n) is 30.1. The Bertz CT molecular complexity index is 1040. The zero-order valence-corrected chi connectivity index (χ0v) is 45.1. The molecule has 0 aliphatic carbocycles.